The molecular formula is C44H76N8O12. The van der Waals surface area contributed by atoms with Crippen LogP contribution in [0, 0.1) is 0 Å². The van der Waals surface area contributed by atoms with E-state index in [9.17, 15) is 19.2 Å². The van der Waals surface area contributed by atoms with Crippen LogP contribution >= 0.6 is 0 Å². The highest BCUT2D eigenvalue weighted by atomic mass is 16.5. The first-order valence-corrected chi connectivity index (χ1v) is 22.3. The van der Waals surface area contributed by atoms with Gasteiger partial charge in [0, 0.05) is 89.7 Å². The molecule has 4 N–H and O–H groups in total. The first-order valence-electron chi connectivity index (χ1n) is 22.3. The van der Waals surface area contributed by atoms with Crippen LogP contribution in [0.2, 0.25) is 0 Å². The number of nitrogens with one attached hydrogen (secondary N) is 2. The van der Waals surface area contributed by atoms with Crippen molar-refractivity contribution in [3.05, 3.63) is 47.0 Å². The molecule has 0 unspecified atom stereocenters. The van der Waals surface area contributed by atoms with E-state index in [1.54, 1.807) is 0 Å². The molecule has 0 aliphatic rings. The number of methoxy groups -OCH3 is 2. The molecule has 20 nitrogen and oxygen atoms in total. The van der Waals surface area contributed by atoms with Crippen molar-refractivity contribution in [3.63, 3.8) is 0 Å². The van der Waals surface area contributed by atoms with E-state index in [-0.39, 0.29) is 41.7 Å². The van der Waals surface area contributed by atoms with Crippen LogP contribution in [-0.4, -0.2) is 222 Å². The molecule has 2 heterocycles. The Balaban J connectivity index is 0.000000641. The first-order chi connectivity index (χ1) is 30.9. The van der Waals surface area contributed by atoms with E-state index in [1.807, 2.05) is 0 Å². The third-order valence-electron chi connectivity index (χ3n) is 9.88. The summed E-state index contributed by atoms with van der Waals surface area (Å²) in [4.78, 5) is 62.8. The van der Waals surface area contributed by atoms with Gasteiger partial charge in [-0.2, -0.15) is 0 Å². The molecule has 2 rings (SSSR count). The van der Waals surface area contributed by atoms with Crippen LogP contribution in [0.1, 0.15) is 83.5 Å². The smallest absolute Gasteiger partial charge is 0.356 e. The molecule has 2 aromatic heterocycles. The zero-order chi connectivity index (χ0) is 47.5. The minimum atomic E-state index is -1.31. The lowest BCUT2D eigenvalue weighted by Crippen LogP contribution is -2.39. The SMILES string of the molecule is CCNCCN(CC)CCN(CC)CCOCCOc1cc(C(=O)O)nc(C(=O)O)c1.CCNCCN(CC)CCN(CC)CCOCCOc1cc(C(=O)OC)nc(C(=O)OC)c1. The van der Waals surface area contributed by atoms with E-state index in [0.717, 1.165) is 105 Å². The van der Waals surface area contributed by atoms with Gasteiger partial charge < -0.3 is 68.9 Å². The quantitative estimate of drug-likeness (QED) is 0.0569. The predicted octanol–water partition coefficient (Wildman–Crippen LogP) is 2.43. The molecule has 0 fully saturated rings. The molecule has 0 bridgehead atoms. The van der Waals surface area contributed by atoms with Gasteiger partial charge >= 0.3 is 23.9 Å². The Morgan fingerprint density at radius 2 is 0.812 bits per heavy atom. The fourth-order valence-corrected chi connectivity index (χ4v) is 5.95. The predicted molar refractivity (Wildman–Crippen MR) is 243 cm³/mol. The summed E-state index contributed by atoms with van der Waals surface area (Å²) >= 11 is 0. The third-order valence-corrected chi connectivity index (χ3v) is 9.88. The summed E-state index contributed by atoms with van der Waals surface area (Å²) in [6.45, 7) is 30.9. The van der Waals surface area contributed by atoms with Gasteiger partial charge in [-0.15, -0.1) is 0 Å². The number of aromatic nitrogens is 2. The number of ether oxygens (including phenoxy) is 6. The lowest BCUT2D eigenvalue weighted by Gasteiger charge is -2.26. The normalized spacial score (nSPS) is 11.2. The van der Waals surface area contributed by atoms with Crippen molar-refractivity contribution in [1.29, 1.82) is 0 Å². The minimum absolute atomic E-state index is 0.0264. The molecule has 0 atom stereocenters. The highest BCUT2D eigenvalue weighted by Crippen LogP contribution is 2.17. The summed E-state index contributed by atoms with van der Waals surface area (Å²) < 4.78 is 31.8. The average molecular weight is 909 g/mol. The van der Waals surface area contributed by atoms with Gasteiger partial charge in [0.1, 0.15) is 24.7 Å². The number of carbonyl (C=O) groups excluding carboxylic acids is 2. The second-order valence-corrected chi connectivity index (χ2v) is 14.1. The van der Waals surface area contributed by atoms with Gasteiger partial charge in [-0.1, -0.05) is 41.5 Å². The van der Waals surface area contributed by atoms with Crippen molar-refractivity contribution in [2.24, 2.45) is 0 Å². The van der Waals surface area contributed by atoms with E-state index in [4.69, 9.17) is 29.2 Å². The van der Waals surface area contributed by atoms with Crippen molar-refractivity contribution >= 4 is 23.9 Å². The van der Waals surface area contributed by atoms with E-state index < -0.39 is 23.9 Å². The summed E-state index contributed by atoms with van der Waals surface area (Å²) in [5.74, 6) is -3.49. The molecule has 0 aliphatic heterocycles. The summed E-state index contributed by atoms with van der Waals surface area (Å²) in [6.07, 6.45) is 0. The van der Waals surface area contributed by atoms with Crippen LogP contribution in [0.25, 0.3) is 0 Å². The highest BCUT2D eigenvalue weighted by Gasteiger charge is 2.17. The lowest BCUT2D eigenvalue weighted by molar-refractivity contribution is 0.0579. The van der Waals surface area contributed by atoms with Crippen LogP contribution in [0.4, 0.5) is 0 Å². The third kappa shape index (κ3) is 25.1. The zero-order valence-electron chi connectivity index (χ0n) is 39.5. The number of carbonyl (C=O) groups is 4. The monoisotopic (exact) mass is 909 g/mol. The number of hydrogen-bond donors (Lipinski definition) is 4. The number of esters is 2. The van der Waals surface area contributed by atoms with Crippen LogP contribution in [0.15, 0.2) is 24.3 Å². The Morgan fingerprint density at radius 1 is 0.484 bits per heavy atom. The standard InChI is InChI=1S/C23H40N4O6.C21H36N4O6/c1-6-24-9-10-26(7-2)11-12-27(8-3)13-14-32-15-16-33-19-17-20(22(28)30-4)25-21(18-19)23(29)31-5;1-4-22-7-8-24(5-2)9-10-25(6-3)11-12-30-13-14-31-17-15-18(20(26)27)23-19(16-17)21(28)29/h17-18,24H,6-16H2,1-5H3;15-16,22H,4-14H2,1-3H3,(H,26,27)(H,28,29). The van der Waals surface area contributed by atoms with Crippen LogP contribution in [0.5, 0.6) is 11.5 Å². The Kier molecular flexibility index (Phi) is 32.1. The fraction of sp³-hybridized carbons (Fsp3) is 0.682. The van der Waals surface area contributed by atoms with Gasteiger partial charge in [0.25, 0.3) is 0 Å². The average Bonchev–Trinajstić information content (AvgIpc) is 3.31. The molecule has 0 aliphatic carbocycles. The van der Waals surface area contributed by atoms with Crippen LogP contribution < -0.4 is 20.1 Å². The molecule has 0 spiro atoms. The van der Waals surface area contributed by atoms with Crippen LogP contribution in [0.3, 0.4) is 0 Å². The summed E-state index contributed by atoms with van der Waals surface area (Å²) in [5, 5.41) is 24.8. The number of nitrogens with zero attached hydrogens (tertiary/aromatic N) is 6. The number of rotatable bonds is 36. The first kappa shape index (κ1) is 57.5. The Morgan fingerprint density at radius 3 is 1.12 bits per heavy atom. The Labute approximate surface area is 379 Å². The fourth-order valence-electron chi connectivity index (χ4n) is 5.95. The minimum Gasteiger partial charge on any atom is -0.491 e. The summed E-state index contributed by atoms with van der Waals surface area (Å²) in [6, 6.07) is 5.24. The van der Waals surface area contributed by atoms with E-state index in [1.165, 1.54) is 38.5 Å². The largest absolute Gasteiger partial charge is 0.491 e. The van der Waals surface area contributed by atoms with Gasteiger partial charge in [-0.25, -0.2) is 29.1 Å². The molecule has 0 aromatic carbocycles. The number of pyridine rings is 2. The number of aromatic carboxylic acids is 2. The van der Waals surface area contributed by atoms with Crippen molar-refractivity contribution in [2.45, 2.75) is 41.5 Å². The van der Waals surface area contributed by atoms with Gasteiger partial charge in [-0.05, 0) is 39.3 Å². The number of likely N-dealkylation sites (N-methyl/N-ethyl adjacent to an activating group) is 6. The topological polar surface area (TPSA) is 227 Å². The van der Waals surface area contributed by atoms with E-state index in [2.05, 4.69) is 91.2 Å². The second-order valence-electron chi connectivity index (χ2n) is 14.1. The lowest BCUT2D eigenvalue weighted by atomic mass is 10.2. The highest BCUT2D eigenvalue weighted by molar-refractivity contribution is 5.92. The van der Waals surface area contributed by atoms with Crippen molar-refractivity contribution < 1.29 is 57.8 Å². The van der Waals surface area contributed by atoms with Crippen molar-refractivity contribution in [3.8, 4) is 11.5 Å². The molecule has 0 saturated carbocycles. The van der Waals surface area contributed by atoms with Crippen molar-refractivity contribution in [2.75, 3.05) is 159 Å². The number of carboxylic acid groups (broad SMARTS) is 2. The zero-order valence-corrected chi connectivity index (χ0v) is 39.5. The van der Waals surface area contributed by atoms with E-state index in [0.29, 0.717) is 32.2 Å². The maximum Gasteiger partial charge on any atom is 0.356 e. The van der Waals surface area contributed by atoms with Gasteiger partial charge in [-0.3, -0.25) is 0 Å². The Hall–Kier alpha value is -4.54. The molecular weight excluding hydrogens is 833 g/mol. The Bertz CT molecular complexity index is 1540. The summed E-state index contributed by atoms with van der Waals surface area (Å²) in [5.41, 5.74) is -0.801. The van der Waals surface area contributed by atoms with Gasteiger partial charge in [0.05, 0.1) is 40.6 Å². The van der Waals surface area contributed by atoms with Gasteiger partial charge in [0.2, 0.25) is 0 Å². The maximum atomic E-state index is 11.8. The van der Waals surface area contributed by atoms with Crippen LogP contribution in [-0.2, 0) is 18.9 Å². The van der Waals surface area contributed by atoms with Crippen molar-refractivity contribution in [1.82, 2.24) is 40.2 Å². The molecule has 364 valence electrons. The molecule has 2 aromatic rings. The second kappa shape index (κ2) is 35.8. The van der Waals surface area contributed by atoms with Gasteiger partial charge in [0.15, 0.2) is 22.8 Å². The molecule has 0 amide bonds. The number of hydrogen-bond acceptors (Lipinski definition) is 18. The molecule has 0 radical (unpaired) electrons. The molecule has 0 saturated heterocycles. The maximum absolute atomic E-state index is 11.8. The number of carboxylic acids is 2. The van der Waals surface area contributed by atoms with E-state index >= 15 is 0 Å². The molecule has 20 heteroatoms. The molecule has 64 heavy (non-hydrogen) atoms. The summed E-state index contributed by atoms with van der Waals surface area (Å²) in [7, 11) is 2.48.